The molecule has 0 aliphatic heterocycles. The Balaban J connectivity index is 1.48. The number of benzene rings is 3. The number of hydrogen-bond donors (Lipinski definition) is 1. The van der Waals surface area contributed by atoms with E-state index in [1.807, 2.05) is 6.07 Å². The van der Waals surface area contributed by atoms with E-state index in [4.69, 9.17) is 9.72 Å². The molecule has 204 valence electrons. The molecule has 40 heavy (non-hydrogen) atoms. The number of aromatic nitrogens is 2. The average Bonchev–Trinajstić information content (AvgIpc) is 2.97. The highest BCUT2D eigenvalue weighted by atomic mass is 19.1. The van der Waals surface area contributed by atoms with Gasteiger partial charge in [-0.25, -0.2) is 9.37 Å². The lowest BCUT2D eigenvalue weighted by Gasteiger charge is -2.22. The van der Waals surface area contributed by atoms with Crippen molar-refractivity contribution in [1.82, 2.24) is 9.66 Å². The number of nitrogens with zero attached hydrogens (tertiary/aromatic N) is 4. The molecule has 0 bridgehead atoms. The molecule has 0 saturated heterocycles. The van der Waals surface area contributed by atoms with E-state index in [9.17, 15) is 24.1 Å². The molecule has 1 aliphatic rings. The first kappa shape index (κ1) is 26.7. The van der Waals surface area contributed by atoms with E-state index in [1.165, 1.54) is 47.3 Å². The highest BCUT2D eigenvalue weighted by molar-refractivity contribution is 5.92. The topological polar surface area (TPSA) is 129 Å². The van der Waals surface area contributed by atoms with E-state index in [-0.39, 0.29) is 34.2 Å². The van der Waals surface area contributed by atoms with Crippen molar-refractivity contribution in [2.45, 2.75) is 38.0 Å². The molecule has 1 aromatic heterocycles. The van der Waals surface area contributed by atoms with E-state index >= 15 is 0 Å². The Morgan fingerprint density at radius 1 is 1.12 bits per heavy atom. The molecule has 1 saturated carbocycles. The number of carbonyl (C=O) groups is 1. The van der Waals surface area contributed by atoms with Gasteiger partial charge < -0.3 is 10.1 Å². The summed E-state index contributed by atoms with van der Waals surface area (Å²) in [6.45, 7) is -0.488. The van der Waals surface area contributed by atoms with Crippen LogP contribution in [0.1, 0.15) is 49.4 Å². The molecule has 5 rings (SSSR count). The Kier molecular flexibility index (Phi) is 7.90. The van der Waals surface area contributed by atoms with Gasteiger partial charge in [-0.2, -0.15) is 9.78 Å². The number of carbonyl (C=O) groups excluding carboxylic acids is 1. The SMILES string of the molecule is O=C(COc1ccc([N+](=O)[O-])cc1C=Nn1c(C2CCCCC2)nc2ccccc2c1=O)Nc1ccccc1F. The molecule has 0 atom stereocenters. The van der Waals surface area contributed by atoms with Gasteiger partial charge in [-0.3, -0.25) is 19.7 Å². The molecule has 0 unspecified atom stereocenters. The van der Waals surface area contributed by atoms with E-state index < -0.39 is 23.3 Å². The van der Waals surface area contributed by atoms with Crippen molar-refractivity contribution in [2.24, 2.45) is 5.10 Å². The van der Waals surface area contributed by atoms with Crippen LogP contribution in [0.25, 0.3) is 10.9 Å². The van der Waals surface area contributed by atoms with E-state index in [2.05, 4.69) is 10.4 Å². The van der Waals surface area contributed by atoms with Crippen LogP contribution >= 0.6 is 0 Å². The van der Waals surface area contributed by atoms with Crippen molar-refractivity contribution >= 4 is 34.4 Å². The summed E-state index contributed by atoms with van der Waals surface area (Å²) in [7, 11) is 0. The molecule has 1 aliphatic carbocycles. The number of rotatable bonds is 8. The Morgan fingerprint density at radius 2 is 1.88 bits per heavy atom. The van der Waals surface area contributed by atoms with Gasteiger partial charge in [-0.1, -0.05) is 43.5 Å². The fourth-order valence-electron chi connectivity index (χ4n) is 4.77. The van der Waals surface area contributed by atoms with Gasteiger partial charge in [0, 0.05) is 23.6 Å². The Morgan fingerprint density at radius 3 is 2.65 bits per heavy atom. The number of non-ortho nitro benzene ring substituents is 1. The van der Waals surface area contributed by atoms with Crippen LogP contribution < -0.4 is 15.6 Å². The van der Waals surface area contributed by atoms with Crippen LogP contribution in [0.15, 0.2) is 76.6 Å². The number of nitro groups is 1. The highest BCUT2D eigenvalue weighted by Crippen LogP contribution is 2.32. The monoisotopic (exact) mass is 543 g/mol. The zero-order chi connectivity index (χ0) is 28.1. The second-order valence-electron chi connectivity index (χ2n) is 9.48. The molecule has 0 spiro atoms. The van der Waals surface area contributed by atoms with Crippen LogP contribution in [0.3, 0.4) is 0 Å². The fraction of sp³-hybridized carbons (Fsp3) is 0.241. The molecule has 3 aromatic carbocycles. The minimum absolute atomic E-state index is 0.00000642. The maximum atomic E-state index is 13.9. The number of ether oxygens (including phenoxy) is 1. The number of hydrogen-bond acceptors (Lipinski definition) is 7. The number of para-hydroxylation sites is 2. The van der Waals surface area contributed by atoms with Crippen LogP contribution in [0, 0.1) is 15.9 Å². The summed E-state index contributed by atoms with van der Waals surface area (Å²) >= 11 is 0. The molecule has 0 radical (unpaired) electrons. The van der Waals surface area contributed by atoms with Crippen molar-refractivity contribution in [3.8, 4) is 5.75 Å². The van der Waals surface area contributed by atoms with Gasteiger partial charge in [0.15, 0.2) is 6.61 Å². The van der Waals surface area contributed by atoms with Crippen LogP contribution in [0.5, 0.6) is 5.75 Å². The summed E-state index contributed by atoms with van der Waals surface area (Å²) in [5, 5.41) is 18.7. The van der Waals surface area contributed by atoms with Gasteiger partial charge >= 0.3 is 0 Å². The number of fused-ring (bicyclic) bond motifs is 1. The predicted molar refractivity (Wildman–Crippen MR) is 148 cm³/mol. The molecule has 1 fully saturated rings. The summed E-state index contributed by atoms with van der Waals surface area (Å²) in [5.74, 6) is -0.509. The summed E-state index contributed by atoms with van der Waals surface area (Å²) in [5.41, 5.74) is 0.197. The second-order valence-corrected chi connectivity index (χ2v) is 9.48. The number of nitrogens with one attached hydrogen (secondary N) is 1. The average molecular weight is 544 g/mol. The van der Waals surface area contributed by atoms with Gasteiger partial charge in [0.2, 0.25) is 0 Å². The van der Waals surface area contributed by atoms with E-state index in [1.54, 1.807) is 24.3 Å². The summed E-state index contributed by atoms with van der Waals surface area (Å²) < 4.78 is 20.8. The second kappa shape index (κ2) is 11.9. The molecular weight excluding hydrogens is 517 g/mol. The maximum Gasteiger partial charge on any atom is 0.282 e. The zero-order valence-electron chi connectivity index (χ0n) is 21.5. The molecule has 4 aromatic rings. The lowest BCUT2D eigenvalue weighted by atomic mass is 9.88. The normalized spacial score (nSPS) is 13.9. The van der Waals surface area contributed by atoms with E-state index in [0.29, 0.717) is 16.7 Å². The van der Waals surface area contributed by atoms with Gasteiger partial charge in [0.1, 0.15) is 17.4 Å². The quantitative estimate of drug-likeness (QED) is 0.180. The number of amides is 1. The van der Waals surface area contributed by atoms with Crippen molar-refractivity contribution in [2.75, 3.05) is 11.9 Å². The largest absolute Gasteiger partial charge is 0.483 e. The lowest BCUT2D eigenvalue weighted by Crippen LogP contribution is -2.25. The molecule has 1 heterocycles. The highest BCUT2D eigenvalue weighted by Gasteiger charge is 2.22. The number of nitro benzene ring substituents is 1. The lowest BCUT2D eigenvalue weighted by molar-refractivity contribution is -0.384. The number of halogens is 1. The van der Waals surface area contributed by atoms with Crippen LogP contribution in [0.4, 0.5) is 15.8 Å². The molecule has 1 N–H and O–H groups in total. The summed E-state index contributed by atoms with van der Waals surface area (Å²) in [6, 6.07) is 16.6. The van der Waals surface area contributed by atoms with Crippen molar-refractivity contribution < 1.29 is 18.8 Å². The Bertz CT molecular complexity index is 1660. The minimum Gasteiger partial charge on any atom is -0.483 e. The van der Waals surface area contributed by atoms with Crippen LogP contribution in [-0.2, 0) is 4.79 Å². The van der Waals surface area contributed by atoms with E-state index in [0.717, 1.165) is 32.1 Å². The van der Waals surface area contributed by atoms with Crippen LogP contribution in [-0.4, -0.2) is 33.3 Å². The molecule has 1 amide bonds. The molecular formula is C29H26FN5O5. The molecule has 10 nitrogen and oxygen atoms in total. The molecule has 11 heteroatoms. The predicted octanol–water partition coefficient (Wildman–Crippen LogP) is 5.39. The van der Waals surface area contributed by atoms with Crippen molar-refractivity contribution in [3.05, 3.63) is 104 Å². The van der Waals surface area contributed by atoms with Gasteiger partial charge in [0.05, 0.1) is 27.7 Å². The maximum absolute atomic E-state index is 13.9. The minimum atomic E-state index is -0.624. The first-order valence-electron chi connectivity index (χ1n) is 12.9. The van der Waals surface area contributed by atoms with Crippen LogP contribution in [0.2, 0.25) is 0 Å². The summed E-state index contributed by atoms with van der Waals surface area (Å²) in [6.07, 6.45) is 6.21. The van der Waals surface area contributed by atoms with Gasteiger partial charge in [-0.15, -0.1) is 0 Å². The third-order valence-corrected chi connectivity index (χ3v) is 6.77. The third kappa shape index (κ3) is 5.88. The van der Waals surface area contributed by atoms with Gasteiger partial charge in [-0.05, 0) is 43.2 Å². The Labute approximate surface area is 228 Å². The first-order valence-corrected chi connectivity index (χ1v) is 12.9. The first-order chi connectivity index (χ1) is 19.4. The number of anilines is 1. The fourth-order valence-corrected chi connectivity index (χ4v) is 4.77. The smallest absolute Gasteiger partial charge is 0.282 e. The van der Waals surface area contributed by atoms with Crippen molar-refractivity contribution in [3.63, 3.8) is 0 Å². The third-order valence-electron chi connectivity index (χ3n) is 6.77. The summed E-state index contributed by atoms with van der Waals surface area (Å²) in [4.78, 5) is 41.5. The zero-order valence-corrected chi connectivity index (χ0v) is 21.5. The van der Waals surface area contributed by atoms with Crippen molar-refractivity contribution in [1.29, 1.82) is 0 Å². The van der Waals surface area contributed by atoms with Gasteiger partial charge in [0.25, 0.3) is 17.2 Å². The standard InChI is InChI=1S/C29H26FN5O5/c30-23-11-5-7-13-25(23)32-27(36)18-40-26-15-14-21(35(38)39)16-20(26)17-31-34-28(19-8-2-1-3-9-19)33-24-12-6-4-10-22(24)29(34)37/h4-7,10-17,19H,1-3,8-9,18H2,(H,32,36). The Hall–Kier alpha value is -4.93.